The molecule has 1 aromatic rings. The molecule has 1 nitrogen and oxygen atoms in total. The summed E-state index contributed by atoms with van der Waals surface area (Å²) in [5.41, 5.74) is 9.08. The zero-order valence-corrected chi connectivity index (χ0v) is 11.2. The van der Waals surface area contributed by atoms with E-state index in [0.29, 0.717) is 0 Å². The number of halogens is 1. The number of hydrogen-bond donors (Lipinski definition) is 1. The number of rotatable bonds is 2. The lowest BCUT2D eigenvalue weighted by Gasteiger charge is -2.20. The summed E-state index contributed by atoms with van der Waals surface area (Å²) in [5, 5.41) is 0. The van der Waals surface area contributed by atoms with Crippen molar-refractivity contribution in [3.05, 3.63) is 35.4 Å². The predicted molar refractivity (Wildman–Crippen MR) is 72.0 cm³/mol. The molecule has 0 radical (unpaired) electrons. The molecule has 2 N–H and O–H groups in total. The Morgan fingerprint density at radius 3 is 2.00 bits per heavy atom. The summed E-state index contributed by atoms with van der Waals surface area (Å²) in [5.74, 6) is 0.741. The highest BCUT2D eigenvalue weighted by atomic mass is 35.5. The van der Waals surface area contributed by atoms with Crippen LogP contribution in [0.4, 0.5) is 0 Å². The van der Waals surface area contributed by atoms with Gasteiger partial charge in [0.1, 0.15) is 0 Å². The van der Waals surface area contributed by atoms with Crippen LogP contribution in [0.1, 0.15) is 50.8 Å². The fourth-order valence-corrected chi connectivity index (χ4v) is 1.93. The Labute approximate surface area is 105 Å². The minimum atomic E-state index is 0. The Bertz CT molecular complexity index is 333. The van der Waals surface area contributed by atoms with E-state index in [4.69, 9.17) is 5.73 Å². The third-order valence-electron chi connectivity index (χ3n) is 3.29. The Kier molecular flexibility index (Phi) is 4.03. The van der Waals surface area contributed by atoms with Crippen LogP contribution in [0.15, 0.2) is 24.3 Å². The first kappa shape index (κ1) is 13.5. The normalized spacial score (nSPS) is 17.8. The molecule has 90 valence electrons. The monoisotopic (exact) mass is 239 g/mol. The maximum Gasteiger partial charge on any atom is 0.0323 e. The van der Waals surface area contributed by atoms with Gasteiger partial charge in [0.2, 0.25) is 0 Å². The molecule has 1 aliphatic carbocycles. The van der Waals surface area contributed by atoms with Gasteiger partial charge in [0, 0.05) is 6.04 Å². The van der Waals surface area contributed by atoms with Crippen molar-refractivity contribution in [1.29, 1.82) is 0 Å². The first-order valence-corrected chi connectivity index (χ1v) is 5.84. The van der Waals surface area contributed by atoms with E-state index in [9.17, 15) is 0 Å². The molecule has 0 bridgehead atoms. The smallest absolute Gasteiger partial charge is 0.0323 e. The summed E-state index contributed by atoms with van der Waals surface area (Å²) in [7, 11) is 0. The standard InChI is InChI=1S/C14H21N.ClH/c1-14(2,3)12-8-6-11(7-9-12)13(15)10-4-5-10;/h6-10,13H,4-5,15H2,1-3H3;1H/t13-;/m0./s1. The summed E-state index contributed by atoms with van der Waals surface area (Å²) in [4.78, 5) is 0. The Morgan fingerprint density at radius 1 is 1.12 bits per heavy atom. The van der Waals surface area contributed by atoms with Crippen LogP contribution in [-0.2, 0) is 5.41 Å². The fourth-order valence-electron chi connectivity index (χ4n) is 1.93. The highest BCUT2D eigenvalue weighted by Crippen LogP contribution is 2.39. The van der Waals surface area contributed by atoms with E-state index in [1.807, 2.05) is 0 Å². The third-order valence-corrected chi connectivity index (χ3v) is 3.29. The van der Waals surface area contributed by atoms with Crippen molar-refractivity contribution in [2.45, 2.75) is 45.1 Å². The van der Waals surface area contributed by atoms with E-state index < -0.39 is 0 Å². The fraction of sp³-hybridized carbons (Fsp3) is 0.571. The van der Waals surface area contributed by atoms with Crippen LogP contribution in [0.5, 0.6) is 0 Å². The van der Waals surface area contributed by atoms with Gasteiger partial charge in [0.05, 0.1) is 0 Å². The van der Waals surface area contributed by atoms with E-state index in [1.165, 1.54) is 24.0 Å². The van der Waals surface area contributed by atoms with Crippen molar-refractivity contribution >= 4 is 12.4 Å². The maximum absolute atomic E-state index is 6.16. The summed E-state index contributed by atoms with van der Waals surface area (Å²) in [6.07, 6.45) is 2.62. The lowest BCUT2D eigenvalue weighted by molar-refractivity contribution is 0.587. The van der Waals surface area contributed by atoms with E-state index >= 15 is 0 Å². The molecule has 0 amide bonds. The highest BCUT2D eigenvalue weighted by Gasteiger charge is 2.29. The summed E-state index contributed by atoms with van der Waals surface area (Å²) >= 11 is 0. The van der Waals surface area contributed by atoms with E-state index in [2.05, 4.69) is 45.0 Å². The Hall–Kier alpha value is -0.530. The van der Waals surface area contributed by atoms with Crippen LogP contribution in [0, 0.1) is 5.92 Å². The van der Waals surface area contributed by atoms with Gasteiger partial charge in [-0.15, -0.1) is 12.4 Å². The van der Waals surface area contributed by atoms with Crippen molar-refractivity contribution in [3.63, 3.8) is 0 Å². The number of benzene rings is 1. The Morgan fingerprint density at radius 2 is 1.62 bits per heavy atom. The molecule has 2 heteroatoms. The molecular weight excluding hydrogens is 218 g/mol. The average molecular weight is 240 g/mol. The SMILES string of the molecule is CC(C)(C)c1ccc([C@@H](N)C2CC2)cc1.Cl. The van der Waals surface area contributed by atoms with Crippen molar-refractivity contribution in [1.82, 2.24) is 0 Å². The second kappa shape index (κ2) is 4.77. The molecule has 0 aromatic heterocycles. The van der Waals surface area contributed by atoms with Gasteiger partial charge in [-0.3, -0.25) is 0 Å². The lowest BCUT2D eigenvalue weighted by Crippen LogP contribution is -2.14. The van der Waals surface area contributed by atoms with Gasteiger partial charge >= 0.3 is 0 Å². The largest absolute Gasteiger partial charge is 0.324 e. The topological polar surface area (TPSA) is 26.0 Å². The van der Waals surface area contributed by atoms with Gasteiger partial charge in [-0.05, 0) is 35.3 Å². The first-order chi connectivity index (χ1) is 6.98. The molecule has 0 saturated heterocycles. The van der Waals surface area contributed by atoms with Crippen LogP contribution >= 0.6 is 12.4 Å². The quantitative estimate of drug-likeness (QED) is 0.835. The van der Waals surface area contributed by atoms with Crippen molar-refractivity contribution in [2.75, 3.05) is 0 Å². The molecule has 1 saturated carbocycles. The van der Waals surface area contributed by atoms with Crippen LogP contribution in [-0.4, -0.2) is 0 Å². The van der Waals surface area contributed by atoms with Crippen molar-refractivity contribution in [2.24, 2.45) is 11.7 Å². The van der Waals surface area contributed by atoms with Crippen LogP contribution in [0.3, 0.4) is 0 Å². The maximum atomic E-state index is 6.16. The minimum Gasteiger partial charge on any atom is -0.324 e. The third kappa shape index (κ3) is 2.99. The molecule has 0 unspecified atom stereocenters. The predicted octanol–water partition coefficient (Wildman–Crippen LogP) is 3.82. The van der Waals surface area contributed by atoms with Gasteiger partial charge in [0.25, 0.3) is 0 Å². The van der Waals surface area contributed by atoms with Gasteiger partial charge in [-0.25, -0.2) is 0 Å². The lowest BCUT2D eigenvalue weighted by atomic mass is 9.86. The average Bonchev–Trinajstić information content (AvgIpc) is 2.99. The summed E-state index contributed by atoms with van der Waals surface area (Å²) in [6.45, 7) is 6.72. The van der Waals surface area contributed by atoms with E-state index in [0.717, 1.165) is 5.92 Å². The molecule has 0 heterocycles. The van der Waals surface area contributed by atoms with Crippen molar-refractivity contribution < 1.29 is 0 Å². The first-order valence-electron chi connectivity index (χ1n) is 5.84. The van der Waals surface area contributed by atoms with E-state index in [-0.39, 0.29) is 23.9 Å². The molecule has 0 aliphatic heterocycles. The molecule has 1 aliphatic rings. The second-order valence-corrected chi connectivity index (χ2v) is 5.74. The summed E-state index contributed by atoms with van der Waals surface area (Å²) in [6, 6.07) is 9.10. The molecular formula is C14H22ClN. The second-order valence-electron chi connectivity index (χ2n) is 5.74. The molecule has 1 atom stereocenters. The molecule has 0 spiro atoms. The molecule has 2 rings (SSSR count). The zero-order valence-electron chi connectivity index (χ0n) is 10.4. The van der Waals surface area contributed by atoms with E-state index in [1.54, 1.807) is 0 Å². The molecule has 16 heavy (non-hydrogen) atoms. The van der Waals surface area contributed by atoms with Crippen LogP contribution < -0.4 is 5.73 Å². The molecule has 1 fully saturated rings. The van der Waals surface area contributed by atoms with Gasteiger partial charge in [-0.2, -0.15) is 0 Å². The van der Waals surface area contributed by atoms with Crippen LogP contribution in [0.25, 0.3) is 0 Å². The van der Waals surface area contributed by atoms with Crippen LogP contribution in [0.2, 0.25) is 0 Å². The summed E-state index contributed by atoms with van der Waals surface area (Å²) < 4.78 is 0. The number of hydrogen-bond acceptors (Lipinski definition) is 1. The zero-order chi connectivity index (χ0) is 11.1. The minimum absolute atomic E-state index is 0. The van der Waals surface area contributed by atoms with Gasteiger partial charge in [-0.1, -0.05) is 45.0 Å². The van der Waals surface area contributed by atoms with Gasteiger partial charge in [0.15, 0.2) is 0 Å². The Balaban J connectivity index is 0.00000128. The highest BCUT2D eigenvalue weighted by molar-refractivity contribution is 5.85. The van der Waals surface area contributed by atoms with Gasteiger partial charge < -0.3 is 5.73 Å². The van der Waals surface area contributed by atoms with Crippen molar-refractivity contribution in [3.8, 4) is 0 Å². The number of nitrogens with two attached hydrogens (primary N) is 1. The molecule has 1 aromatic carbocycles.